The van der Waals surface area contributed by atoms with E-state index in [2.05, 4.69) is 20.3 Å². The second-order valence-corrected chi connectivity index (χ2v) is 8.05. The van der Waals surface area contributed by atoms with E-state index in [4.69, 9.17) is 10.5 Å². The van der Waals surface area contributed by atoms with Crippen LogP contribution < -0.4 is 25.8 Å². The molecule has 0 saturated carbocycles. The Morgan fingerprint density at radius 3 is 2.73 bits per heavy atom. The molecule has 0 unspecified atom stereocenters. The van der Waals surface area contributed by atoms with E-state index in [-0.39, 0.29) is 22.9 Å². The third-order valence-electron chi connectivity index (χ3n) is 4.24. The predicted molar refractivity (Wildman–Crippen MR) is 108 cm³/mol. The molecule has 30 heavy (non-hydrogen) atoms. The van der Waals surface area contributed by atoms with Gasteiger partial charge in [-0.3, -0.25) is 10.0 Å². The average Bonchev–Trinajstić information content (AvgIpc) is 2.69. The normalized spacial score (nSPS) is 13.0. The Morgan fingerprint density at radius 2 is 1.97 bits per heavy atom. The van der Waals surface area contributed by atoms with Crippen molar-refractivity contribution in [3.05, 3.63) is 66.1 Å². The van der Waals surface area contributed by atoms with Crippen LogP contribution in [0.5, 0.6) is 11.5 Å². The van der Waals surface area contributed by atoms with Gasteiger partial charge < -0.3 is 15.8 Å². The highest BCUT2D eigenvalue weighted by atomic mass is 32.2. The van der Waals surface area contributed by atoms with Crippen LogP contribution in [0.2, 0.25) is 0 Å². The lowest BCUT2D eigenvalue weighted by Crippen LogP contribution is -2.34. The van der Waals surface area contributed by atoms with Crippen LogP contribution in [-0.4, -0.2) is 19.4 Å². The maximum atomic E-state index is 14.6. The summed E-state index contributed by atoms with van der Waals surface area (Å²) in [5, 5.41) is 5.12. The molecule has 0 saturated heterocycles. The fourth-order valence-electron chi connectivity index (χ4n) is 2.83. The van der Waals surface area contributed by atoms with Crippen LogP contribution in [-0.2, 0) is 16.6 Å². The highest BCUT2D eigenvalue weighted by Crippen LogP contribution is 2.33. The smallest absolute Gasteiger partial charge is 0.320 e. The van der Waals surface area contributed by atoms with Crippen LogP contribution >= 0.6 is 0 Å². The molecule has 154 valence electrons. The van der Waals surface area contributed by atoms with Crippen LogP contribution in [0.25, 0.3) is 0 Å². The van der Waals surface area contributed by atoms with Gasteiger partial charge in [0.05, 0.1) is 22.7 Å². The van der Waals surface area contributed by atoms with Crippen molar-refractivity contribution in [1.82, 2.24) is 10.3 Å². The third-order valence-corrected chi connectivity index (χ3v) is 5.62. The minimum Gasteiger partial charge on any atom is -0.454 e. The standard InChI is InChI=1S/C19H16FN5O4S/c20-15-9-12(25-30(27,28)13-3-1-2-11(21)8-13)4-5-17(15)29-16-6-7-22-18-14(16)10-23-19(26)24-18/h1-9,25H,10,21H2,(H2,22,23,24,26). The molecule has 0 spiro atoms. The van der Waals surface area contributed by atoms with Gasteiger partial charge in [-0.25, -0.2) is 22.6 Å². The van der Waals surface area contributed by atoms with Gasteiger partial charge in [0, 0.05) is 18.0 Å². The number of nitrogens with zero attached hydrogens (tertiary/aromatic N) is 1. The zero-order valence-electron chi connectivity index (χ0n) is 15.3. The number of fused-ring (bicyclic) bond motifs is 1. The first-order valence-electron chi connectivity index (χ1n) is 8.70. The second kappa shape index (κ2) is 7.52. The molecule has 1 aliphatic rings. The number of sulfonamides is 1. The zero-order chi connectivity index (χ0) is 21.3. The second-order valence-electron chi connectivity index (χ2n) is 6.37. The SMILES string of the molecule is Nc1cccc(S(=O)(=O)Nc2ccc(Oc3ccnc4c3CNC(=O)N4)c(F)c2)c1. The molecule has 2 heterocycles. The Bertz CT molecular complexity index is 1250. The Morgan fingerprint density at radius 1 is 1.13 bits per heavy atom. The van der Waals surface area contributed by atoms with E-state index in [1.165, 1.54) is 42.6 Å². The Balaban J connectivity index is 1.56. The zero-order valence-corrected chi connectivity index (χ0v) is 16.2. The number of rotatable bonds is 5. The van der Waals surface area contributed by atoms with Crippen LogP contribution in [0.4, 0.5) is 26.4 Å². The van der Waals surface area contributed by atoms with Gasteiger partial charge in [-0.2, -0.15) is 0 Å². The monoisotopic (exact) mass is 429 g/mol. The molecule has 5 N–H and O–H groups in total. The van der Waals surface area contributed by atoms with Crippen LogP contribution in [0.1, 0.15) is 5.56 Å². The first kappa shape index (κ1) is 19.5. The predicted octanol–water partition coefficient (Wildman–Crippen LogP) is 3.03. The molecule has 4 rings (SSSR count). The van der Waals surface area contributed by atoms with Crippen molar-refractivity contribution in [3.63, 3.8) is 0 Å². The quantitative estimate of drug-likeness (QED) is 0.461. The number of carbonyl (C=O) groups excluding carboxylic acids is 1. The molecule has 1 aromatic heterocycles. The number of pyridine rings is 1. The molecule has 0 aliphatic carbocycles. The van der Waals surface area contributed by atoms with E-state index in [0.717, 1.165) is 6.07 Å². The summed E-state index contributed by atoms with van der Waals surface area (Å²) in [7, 11) is -3.94. The summed E-state index contributed by atoms with van der Waals surface area (Å²) in [6, 6.07) is 10.6. The summed E-state index contributed by atoms with van der Waals surface area (Å²) >= 11 is 0. The summed E-state index contributed by atoms with van der Waals surface area (Å²) in [4.78, 5) is 15.4. The fraction of sp³-hybridized carbons (Fsp3) is 0.0526. The van der Waals surface area contributed by atoms with Crippen molar-refractivity contribution >= 4 is 33.2 Å². The van der Waals surface area contributed by atoms with Gasteiger partial charge in [-0.1, -0.05) is 6.07 Å². The van der Waals surface area contributed by atoms with Gasteiger partial charge >= 0.3 is 6.03 Å². The fourth-order valence-corrected chi connectivity index (χ4v) is 3.93. The van der Waals surface area contributed by atoms with Crippen molar-refractivity contribution in [1.29, 1.82) is 0 Å². The lowest BCUT2D eigenvalue weighted by molar-refractivity contribution is 0.250. The summed E-state index contributed by atoms with van der Waals surface area (Å²) in [5.41, 5.74) is 6.49. The Labute approximate surface area is 171 Å². The number of urea groups is 1. The highest BCUT2D eigenvalue weighted by molar-refractivity contribution is 7.92. The lowest BCUT2D eigenvalue weighted by atomic mass is 10.2. The number of amides is 2. The summed E-state index contributed by atoms with van der Waals surface area (Å²) in [6.45, 7) is 0.171. The molecule has 11 heteroatoms. The van der Waals surface area contributed by atoms with E-state index in [1.54, 1.807) is 6.07 Å². The maximum Gasteiger partial charge on any atom is 0.320 e. The van der Waals surface area contributed by atoms with E-state index in [1.807, 2.05) is 0 Å². The van der Waals surface area contributed by atoms with Gasteiger partial charge in [0.2, 0.25) is 0 Å². The molecular weight excluding hydrogens is 413 g/mol. The van der Waals surface area contributed by atoms with Gasteiger partial charge in [0.15, 0.2) is 11.6 Å². The van der Waals surface area contributed by atoms with Crippen molar-refractivity contribution in [2.45, 2.75) is 11.4 Å². The topological polar surface area (TPSA) is 135 Å². The lowest BCUT2D eigenvalue weighted by Gasteiger charge is -2.20. The number of nitrogens with two attached hydrogens (primary N) is 1. The number of nitrogens with one attached hydrogen (secondary N) is 3. The van der Waals surface area contributed by atoms with Crippen molar-refractivity contribution in [2.24, 2.45) is 0 Å². The third kappa shape index (κ3) is 3.96. The number of anilines is 3. The van der Waals surface area contributed by atoms with E-state index in [9.17, 15) is 17.6 Å². The minimum atomic E-state index is -3.94. The minimum absolute atomic E-state index is 0.0213. The Kier molecular flexibility index (Phi) is 4.88. The molecule has 0 bridgehead atoms. The van der Waals surface area contributed by atoms with Gasteiger partial charge in [-0.05, 0) is 36.4 Å². The molecule has 2 amide bonds. The molecule has 0 radical (unpaired) electrons. The molecule has 9 nitrogen and oxygen atoms in total. The number of benzene rings is 2. The molecule has 0 atom stereocenters. The first-order chi connectivity index (χ1) is 14.3. The van der Waals surface area contributed by atoms with E-state index >= 15 is 0 Å². The van der Waals surface area contributed by atoms with Crippen LogP contribution in [0.3, 0.4) is 0 Å². The van der Waals surface area contributed by atoms with Crippen LogP contribution in [0.15, 0.2) is 59.6 Å². The number of aromatic nitrogens is 1. The number of ether oxygens (including phenoxy) is 1. The number of hydrogen-bond donors (Lipinski definition) is 4. The largest absolute Gasteiger partial charge is 0.454 e. The van der Waals surface area contributed by atoms with E-state index in [0.29, 0.717) is 22.8 Å². The number of carbonyl (C=O) groups is 1. The molecular formula is C19H16FN5O4S. The summed E-state index contributed by atoms with van der Waals surface area (Å²) in [6.07, 6.45) is 1.42. The van der Waals surface area contributed by atoms with Gasteiger partial charge in [-0.15, -0.1) is 0 Å². The van der Waals surface area contributed by atoms with Crippen molar-refractivity contribution in [2.75, 3.05) is 15.8 Å². The molecule has 2 aromatic carbocycles. The molecule has 0 fully saturated rings. The van der Waals surface area contributed by atoms with Crippen LogP contribution in [0, 0.1) is 5.82 Å². The molecule has 1 aliphatic heterocycles. The van der Waals surface area contributed by atoms with E-state index < -0.39 is 21.9 Å². The number of nitrogen functional groups attached to an aromatic ring is 1. The maximum absolute atomic E-state index is 14.6. The van der Waals surface area contributed by atoms with Crippen molar-refractivity contribution < 1.29 is 22.3 Å². The summed E-state index contributed by atoms with van der Waals surface area (Å²) in [5.74, 6) is -0.268. The number of hydrogen-bond acceptors (Lipinski definition) is 6. The van der Waals surface area contributed by atoms with Gasteiger partial charge in [0.1, 0.15) is 11.6 Å². The Hall–Kier alpha value is -3.86. The summed E-state index contributed by atoms with van der Waals surface area (Å²) < 4.78 is 47.4. The van der Waals surface area contributed by atoms with Gasteiger partial charge in [0.25, 0.3) is 10.0 Å². The molecule has 3 aromatic rings. The average molecular weight is 429 g/mol. The number of halogens is 1. The highest BCUT2D eigenvalue weighted by Gasteiger charge is 2.21. The first-order valence-corrected chi connectivity index (χ1v) is 10.2. The van der Waals surface area contributed by atoms with Crippen molar-refractivity contribution in [3.8, 4) is 11.5 Å².